The Kier molecular flexibility index (Phi) is 4.49. The molecule has 28 heavy (non-hydrogen) atoms. The van der Waals surface area contributed by atoms with Crippen LogP contribution >= 0.6 is 0 Å². The largest absolute Gasteiger partial charge is 0.496 e. The summed E-state index contributed by atoms with van der Waals surface area (Å²) in [6, 6.07) is 13.1. The van der Waals surface area contributed by atoms with Crippen molar-refractivity contribution in [2.24, 2.45) is 0 Å². The molecule has 0 unspecified atom stereocenters. The van der Waals surface area contributed by atoms with Crippen molar-refractivity contribution in [2.45, 2.75) is 0 Å². The maximum Gasteiger partial charge on any atom is 0.341 e. The van der Waals surface area contributed by atoms with Gasteiger partial charge in [0.25, 0.3) is 0 Å². The summed E-state index contributed by atoms with van der Waals surface area (Å²) in [5.41, 5.74) is 4.10. The quantitative estimate of drug-likeness (QED) is 0.503. The van der Waals surface area contributed by atoms with Gasteiger partial charge in [-0.3, -0.25) is 4.98 Å². The molecule has 0 aliphatic rings. The van der Waals surface area contributed by atoms with Crippen molar-refractivity contribution >= 4 is 17.0 Å². The molecule has 0 fully saturated rings. The van der Waals surface area contributed by atoms with E-state index in [9.17, 15) is 9.18 Å². The Morgan fingerprint density at radius 2 is 1.86 bits per heavy atom. The van der Waals surface area contributed by atoms with Crippen LogP contribution in [0, 0.1) is 5.82 Å². The zero-order valence-electron chi connectivity index (χ0n) is 15.2. The number of hydrogen-bond donors (Lipinski definition) is 0. The molecule has 2 heterocycles. The number of rotatable bonds is 4. The number of hydrogen-bond acceptors (Lipinski definition) is 5. The Morgan fingerprint density at radius 1 is 1.07 bits per heavy atom. The first-order valence-electron chi connectivity index (χ1n) is 8.48. The van der Waals surface area contributed by atoms with Gasteiger partial charge in [0, 0.05) is 11.8 Å². The lowest BCUT2D eigenvalue weighted by molar-refractivity contribution is 0.0597. The minimum absolute atomic E-state index is 0.308. The van der Waals surface area contributed by atoms with Gasteiger partial charge < -0.3 is 9.47 Å². The van der Waals surface area contributed by atoms with Crippen LogP contribution in [0.2, 0.25) is 0 Å². The van der Waals surface area contributed by atoms with Crippen molar-refractivity contribution in [1.82, 2.24) is 14.8 Å². The summed E-state index contributed by atoms with van der Waals surface area (Å²) in [6.45, 7) is 0. The molecule has 0 radical (unpaired) electrons. The zero-order chi connectivity index (χ0) is 19.7. The summed E-state index contributed by atoms with van der Waals surface area (Å²) in [5, 5.41) is 4.62. The summed E-state index contributed by atoms with van der Waals surface area (Å²) < 4.78 is 25.0. The number of carbonyl (C=O) groups is 1. The molecule has 0 spiro atoms. The molecule has 7 heteroatoms. The Labute approximate surface area is 160 Å². The molecule has 140 valence electrons. The third-order valence-electron chi connectivity index (χ3n) is 4.41. The lowest BCUT2D eigenvalue weighted by Gasteiger charge is -2.09. The molecule has 0 saturated heterocycles. The van der Waals surface area contributed by atoms with E-state index in [0.29, 0.717) is 22.3 Å². The third kappa shape index (κ3) is 3.07. The predicted octanol–water partition coefficient (Wildman–Crippen LogP) is 4.02. The van der Waals surface area contributed by atoms with E-state index < -0.39 is 5.97 Å². The smallest absolute Gasteiger partial charge is 0.341 e. The second kappa shape index (κ2) is 7.11. The molecule has 2 aromatic heterocycles. The fourth-order valence-electron chi connectivity index (χ4n) is 3.02. The molecule has 0 bridgehead atoms. The minimum Gasteiger partial charge on any atom is -0.496 e. The molecule has 6 nitrogen and oxygen atoms in total. The van der Waals surface area contributed by atoms with Gasteiger partial charge in [0.2, 0.25) is 0 Å². The summed E-state index contributed by atoms with van der Waals surface area (Å²) >= 11 is 0. The Bertz CT molecular complexity index is 1170. The molecule has 0 aliphatic heterocycles. The average molecular weight is 377 g/mol. The Morgan fingerprint density at radius 3 is 2.57 bits per heavy atom. The first kappa shape index (κ1) is 17.7. The minimum atomic E-state index is -0.469. The van der Waals surface area contributed by atoms with Crippen molar-refractivity contribution in [2.75, 3.05) is 14.2 Å². The lowest BCUT2D eigenvalue weighted by Crippen LogP contribution is -2.04. The highest BCUT2D eigenvalue weighted by molar-refractivity contribution is 5.96. The number of benzene rings is 2. The second-order valence-corrected chi connectivity index (χ2v) is 6.05. The fourth-order valence-corrected chi connectivity index (χ4v) is 3.02. The Hall–Kier alpha value is -3.74. The van der Waals surface area contributed by atoms with Crippen LogP contribution in [0.3, 0.4) is 0 Å². The van der Waals surface area contributed by atoms with Crippen LogP contribution in [-0.2, 0) is 4.74 Å². The van der Waals surface area contributed by atoms with Gasteiger partial charge in [0.1, 0.15) is 28.2 Å². The van der Waals surface area contributed by atoms with Crippen LogP contribution in [0.1, 0.15) is 10.4 Å². The van der Waals surface area contributed by atoms with Crippen LogP contribution in [0.25, 0.3) is 27.8 Å². The zero-order valence-corrected chi connectivity index (χ0v) is 15.2. The van der Waals surface area contributed by atoms with E-state index in [0.717, 1.165) is 16.8 Å². The van der Waals surface area contributed by atoms with Gasteiger partial charge in [0.05, 0.1) is 26.1 Å². The van der Waals surface area contributed by atoms with Crippen LogP contribution in [0.15, 0.2) is 60.9 Å². The molecule has 0 aliphatic carbocycles. The first-order chi connectivity index (χ1) is 13.6. The van der Waals surface area contributed by atoms with E-state index in [1.165, 1.54) is 26.4 Å². The predicted molar refractivity (Wildman–Crippen MR) is 102 cm³/mol. The maximum absolute atomic E-state index is 13.2. The van der Waals surface area contributed by atoms with Crippen molar-refractivity contribution in [3.05, 3.63) is 72.3 Å². The van der Waals surface area contributed by atoms with Crippen molar-refractivity contribution < 1.29 is 18.7 Å². The molecule has 4 aromatic rings. The van der Waals surface area contributed by atoms with Gasteiger partial charge in [-0.1, -0.05) is 6.07 Å². The molecule has 0 N–H and O–H groups in total. The van der Waals surface area contributed by atoms with Crippen LogP contribution in [0.5, 0.6) is 5.75 Å². The summed E-state index contributed by atoms with van der Waals surface area (Å²) in [4.78, 5) is 16.3. The summed E-state index contributed by atoms with van der Waals surface area (Å²) in [5.74, 6) is -0.367. The van der Waals surface area contributed by atoms with Crippen LogP contribution in [-0.4, -0.2) is 35.0 Å². The molecular weight excluding hydrogens is 361 g/mol. The van der Waals surface area contributed by atoms with E-state index in [-0.39, 0.29) is 5.82 Å². The number of nitrogens with zero attached hydrogens (tertiary/aromatic N) is 3. The SMILES string of the molecule is COC(=O)c1ccc(-c2ccnc3cn(-c4ccc(F)cc4)nc23)cc1OC. The van der Waals surface area contributed by atoms with E-state index >= 15 is 0 Å². The topological polar surface area (TPSA) is 66.2 Å². The third-order valence-corrected chi connectivity index (χ3v) is 4.41. The van der Waals surface area contributed by atoms with E-state index in [1.54, 1.807) is 47.4 Å². The van der Waals surface area contributed by atoms with Crippen LogP contribution < -0.4 is 4.74 Å². The number of aromatic nitrogens is 3. The van der Waals surface area contributed by atoms with Gasteiger partial charge >= 0.3 is 5.97 Å². The van der Waals surface area contributed by atoms with Crippen molar-refractivity contribution in [3.8, 4) is 22.6 Å². The lowest BCUT2D eigenvalue weighted by atomic mass is 10.0. The Balaban J connectivity index is 1.83. The van der Waals surface area contributed by atoms with Crippen LogP contribution in [0.4, 0.5) is 4.39 Å². The van der Waals surface area contributed by atoms with Gasteiger partial charge in [-0.2, -0.15) is 5.10 Å². The number of ether oxygens (including phenoxy) is 2. The van der Waals surface area contributed by atoms with E-state index in [4.69, 9.17) is 9.47 Å². The highest BCUT2D eigenvalue weighted by atomic mass is 19.1. The van der Waals surface area contributed by atoms with E-state index in [1.807, 2.05) is 6.07 Å². The normalized spacial score (nSPS) is 10.8. The van der Waals surface area contributed by atoms with Gasteiger partial charge in [-0.05, 0) is 48.0 Å². The standard InChI is InChI=1S/C21H16FN3O3/c1-27-19-11-13(3-8-17(19)21(26)28-2)16-9-10-23-18-12-25(24-20(16)18)15-6-4-14(22)5-7-15/h3-12H,1-2H3. The molecule has 0 atom stereocenters. The number of fused-ring (bicyclic) bond motifs is 1. The number of carbonyl (C=O) groups excluding carboxylic acids is 1. The monoisotopic (exact) mass is 377 g/mol. The first-order valence-corrected chi connectivity index (χ1v) is 8.48. The highest BCUT2D eigenvalue weighted by Crippen LogP contribution is 2.31. The number of halogens is 1. The summed E-state index contributed by atoms with van der Waals surface area (Å²) in [7, 11) is 2.82. The highest BCUT2D eigenvalue weighted by Gasteiger charge is 2.16. The molecule has 0 saturated carbocycles. The van der Waals surface area contributed by atoms with Gasteiger partial charge in [-0.15, -0.1) is 0 Å². The second-order valence-electron chi connectivity index (χ2n) is 6.05. The number of pyridine rings is 1. The molecule has 4 rings (SSSR count). The van der Waals surface area contributed by atoms with Gasteiger partial charge in [-0.25, -0.2) is 13.9 Å². The molecule has 2 aromatic carbocycles. The van der Waals surface area contributed by atoms with Gasteiger partial charge in [0.15, 0.2) is 0 Å². The average Bonchev–Trinajstić information content (AvgIpc) is 3.17. The fraction of sp³-hybridized carbons (Fsp3) is 0.0952. The number of esters is 1. The number of methoxy groups -OCH3 is 2. The van der Waals surface area contributed by atoms with E-state index in [2.05, 4.69) is 10.1 Å². The molecular formula is C21H16FN3O3. The van der Waals surface area contributed by atoms with Crippen molar-refractivity contribution in [1.29, 1.82) is 0 Å². The van der Waals surface area contributed by atoms with Crippen molar-refractivity contribution in [3.63, 3.8) is 0 Å². The maximum atomic E-state index is 13.2. The molecule has 0 amide bonds. The summed E-state index contributed by atoms with van der Waals surface area (Å²) in [6.07, 6.45) is 3.47.